The van der Waals surface area contributed by atoms with Gasteiger partial charge in [-0.05, 0) is 77.9 Å². The standard InChI is InChI=1S/C39H25N5/c1-2-8-31(9-3-1)43-34-11-5-4-10-32(34)33-25-30(17-18-35(33)43)26-12-14-29(15-13-26)39-42-37(27-20-23-40-24-21-27)36-19-16-28-7-6-22-41-38(28)44(36)39/h1-25H. The first-order chi connectivity index (χ1) is 21.8. The molecule has 0 unspecified atom stereocenters. The minimum absolute atomic E-state index is 0.865. The highest BCUT2D eigenvalue weighted by atomic mass is 15.1. The highest BCUT2D eigenvalue weighted by Gasteiger charge is 2.18. The highest BCUT2D eigenvalue weighted by molar-refractivity contribution is 6.10. The molecule has 0 radical (unpaired) electrons. The molecule has 0 fully saturated rings. The van der Waals surface area contributed by atoms with Gasteiger partial charge in [0.25, 0.3) is 0 Å². The summed E-state index contributed by atoms with van der Waals surface area (Å²) >= 11 is 0. The summed E-state index contributed by atoms with van der Waals surface area (Å²) in [5, 5.41) is 3.56. The second-order valence-electron chi connectivity index (χ2n) is 11.0. The molecule has 0 saturated heterocycles. The zero-order valence-electron chi connectivity index (χ0n) is 23.7. The van der Waals surface area contributed by atoms with E-state index in [0.717, 1.165) is 50.4 Å². The molecule has 0 aliphatic carbocycles. The van der Waals surface area contributed by atoms with Crippen LogP contribution in [0, 0.1) is 0 Å². The number of nitrogens with zero attached hydrogens (tertiary/aromatic N) is 5. The number of benzene rings is 4. The van der Waals surface area contributed by atoms with E-state index in [0.29, 0.717) is 0 Å². The van der Waals surface area contributed by atoms with Crippen molar-refractivity contribution < 1.29 is 0 Å². The maximum Gasteiger partial charge on any atom is 0.146 e. The third kappa shape index (κ3) is 3.76. The summed E-state index contributed by atoms with van der Waals surface area (Å²) in [7, 11) is 0. The molecular weight excluding hydrogens is 538 g/mol. The molecule has 0 aliphatic heterocycles. The third-order valence-electron chi connectivity index (χ3n) is 8.48. The lowest BCUT2D eigenvalue weighted by Crippen LogP contribution is -1.94. The van der Waals surface area contributed by atoms with Crippen LogP contribution in [0.25, 0.3) is 77.8 Å². The molecule has 0 aliphatic rings. The average Bonchev–Trinajstić information content (AvgIpc) is 3.66. The van der Waals surface area contributed by atoms with Crippen molar-refractivity contribution >= 4 is 38.4 Å². The Morgan fingerprint density at radius 3 is 2.07 bits per heavy atom. The predicted octanol–water partition coefficient (Wildman–Crippen LogP) is 9.38. The van der Waals surface area contributed by atoms with Crippen LogP contribution in [0.1, 0.15) is 0 Å². The van der Waals surface area contributed by atoms with Crippen LogP contribution in [-0.2, 0) is 0 Å². The van der Waals surface area contributed by atoms with Gasteiger partial charge < -0.3 is 4.57 Å². The van der Waals surface area contributed by atoms with Gasteiger partial charge in [-0.2, -0.15) is 0 Å². The van der Waals surface area contributed by atoms with Gasteiger partial charge in [0.1, 0.15) is 11.5 Å². The lowest BCUT2D eigenvalue weighted by Gasteiger charge is -2.09. The van der Waals surface area contributed by atoms with E-state index in [4.69, 9.17) is 9.97 Å². The molecule has 0 saturated carbocycles. The van der Waals surface area contributed by atoms with E-state index in [1.807, 2.05) is 36.8 Å². The summed E-state index contributed by atoms with van der Waals surface area (Å²) in [6.45, 7) is 0. The second kappa shape index (κ2) is 9.75. The molecule has 0 N–H and O–H groups in total. The Kier molecular flexibility index (Phi) is 5.43. The number of fused-ring (bicyclic) bond motifs is 6. The van der Waals surface area contributed by atoms with Crippen LogP contribution in [0.15, 0.2) is 152 Å². The second-order valence-corrected chi connectivity index (χ2v) is 11.0. The van der Waals surface area contributed by atoms with Crippen LogP contribution in [0.5, 0.6) is 0 Å². The number of rotatable bonds is 4. The quantitative estimate of drug-likeness (QED) is 0.214. The van der Waals surface area contributed by atoms with Crippen molar-refractivity contribution in [2.75, 3.05) is 0 Å². The highest BCUT2D eigenvalue weighted by Crippen LogP contribution is 2.36. The molecule has 4 aromatic carbocycles. The molecule has 9 rings (SSSR count). The van der Waals surface area contributed by atoms with E-state index in [2.05, 4.69) is 129 Å². The van der Waals surface area contributed by atoms with Crippen molar-refractivity contribution in [3.05, 3.63) is 152 Å². The van der Waals surface area contributed by atoms with Crippen LogP contribution in [-0.4, -0.2) is 23.9 Å². The summed E-state index contributed by atoms with van der Waals surface area (Å²) in [5.74, 6) is 0.865. The predicted molar refractivity (Wildman–Crippen MR) is 179 cm³/mol. The van der Waals surface area contributed by atoms with Crippen molar-refractivity contribution in [1.82, 2.24) is 23.9 Å². The first kappa shape index (κ1) is 24.5. The lowest BCUT2D eigenvalue weighted by molar-refractivity contribution is 1.17. The zero-order chi connectivity index (χ0) is 29.0. The van der Waals surface area contributed by atoms with Gasteiger partial charge in [-0.15, -0.1) is 0 Å². The van der Waals surface area contributed by atoms with Gasteiger partial charge in [0, 0.05) is 51.6 Å². The summed E-state index contributed by atoms with van der Waals surface area (Å²) in [5.41, 5.74) is 10.8. The Labute approximate surface area is 253 Å². The van der Waals surface area contributed by atoms with Crippen molar-refractivity contribution in [2.45, 2.75) is 0 Å². The minimum Gasteiger partial charge on any atom is -0.309 e. The van der Waals surface area contributed by atoms with E-state index < -0.39 is 0 Å². The monoisotopic (exact) mass is 563 g/mol. The molecule has 206 valence electrons. The third-order valence-corrected chi connectivity index (χ3v) is 8.48. The number of aromatic nitrogens is 5. The zero-order valence-corrected chi connectivity index (χ0v) is 23.7. The maximum absolute atomic E-state index is 5.18. The summed E-state index contributed by atoms with van der Waals surface area (Å²) < 4.78 is 4.52. The Morgan fingerprint density at radius 2 is 1.20 bits per heavy atom. The smallest absolute Gasteiger partial charge is 0.146 e. The molecular formula is C39H25N5. The molecule has 5 nitrogen and oxygen atoms in total. The van der Waals surface area contributed by atoms with Crippen LogP contribution in [0.3, 0.4) is 0 Å². The minimum atomic E-state index is 0.865. The maximum atomic E-state index is 5.18. The lowest BCUT2D eigenvalue weighted by atomic mass is 10.0. The topological polar surface area (TPSA) is 48.0 Å². The molecule has 5 heterocycles. The van der Waals surface area contributed by atoms with Crippen LogP contribution in [0.4, 0.5) is 0 Å². The van der Waals surface area contributed by atoms with Crippen molar-refractivity contribution in [3.63, 3.8) is 0 Å². The van der Waals surface area contributed by atoms with E-state index in [1.165, 1.54) is 27.4 Å². The van der Waals surface area contributed by atoms with Gasteiger partial charge in [0.2, 0.25) is 0 Å². The Balaban J connectivity index is 1.19. The number of hydrogen-bond donors (Lipinski definition) is 0. The number of hydrogen-bond acceptors (Lipinski definition) is 3. The van der Waals surface area contributed by atoms with Gasteiger partial charge in [-0.3, -0.25) is 9.38 Å². The Bertz CT molecular complexity index is 2470. The van der Waals surface area contributed by atoms with Crippen LogP contribution >= 0.6 is 0 Å². The number of imidazole rings is 1. The van der Waals surface area contributed by atoms with E-state index in [9.17, 15) is 0 Å². The summed E-state index contributed by atoms with van der Waals surface area (Å²) in [6, 6.07) is 47.0. The molecule has 5 aromatic heterocycles. The van der Waals surface area contributed by atoms with Crippen LogP contribution < -0.4 is 0 Å². The van der Waals surface area contributed by atoms with E-state index in [-0.39, 0.29) is 0 Å². The van der Waals surface area contributed by atoms with Gasteiger partial charge in [-0.1, -0.05) is 66.7 Å². The molecule has 44 heavy (non-hydrogen) atoms. The molecule has 0 amide bonds. The fraction of sp³-hybridized carbons (Fsp3) is 0. The number of pyridine rings is 3. The summed E-state index contributed by atoms with van der Waals surface area (Å²) in [4.78, 5) is 14.1. The van der Waals surface area contributed by atoms with Crippen molar-refractivity contribution in [1.29, 1.82) is 0 Å². The fourth-order valence-electron chi connectivity index (χ4n) is 6.43. The molecule has 0 bridgehead atoms. The van der Waals surface area contributed by atoms with E-state index in [1.54, 1.807) is 0 Å². The average molecular weight is 564 g/mol. The van der Waals surface area contributed by atoms with Gasteiger partial charge >= 0.3 is 0 Å². The summed E-state index contributed by atoms with van der Waals surface area (Å²) in [6.07, 6.45) is 5.45. The SMILES string of the molecule is c1ccc(-n2c3ccccc3c3cc(-c4ccc(-c5nc(-c6ccncc6)c6ccc7cccnc7n56)cc4)ccc32)cc1. The van der Waals surface area contributed by atoms with Gasteiger partial charge in [-0.25, -0.2) is 9.97 Å². The van der Waals surface area contributed by atoms with E-state index >= 15 is 0 Å². The van der Waals surface area contributed by atoms with Crippen molar-refractivity contribution in [2.24, 2.45) is 0 Å². The molecule has 5 heteroatoms. The fourth-order valence-corrected chi connectivity index (χ4v) is 6.43. The molecule has 0 atom stereocenters. The molecule has 9 aromatic rings. The first-order valence-corrected chi connectivity index (χ1v) is 14.7. The normalized spacial score (nSPS) is 11.6. The van der Waals surface area contributed by atoms with Crippen LogP contribution in [0.2, 0.25) is 0 Å². The number of para-hydroxylation sites is 2. The Hall–Kier alpha value is -6.07. The van der Waals surface area contributed by atoms with Crippen molar-refractivity contribution in [3.8, 4) is 39.5 Å². The first-order valence-electron chi connectivity index (χ1n) is 14.7. The van der Waals surface area contributed by atoms with Gasteiger partial charge in [0.15, 0.2) is 0 Å². The van der Waals surface area contributed by atoms with Gasteiger partial charge in [0.05, 0.1) is 22.2 Å². The Morgan fingerprint density at radius 1 is 0.477 bits per heavy atom. The largest absolute Gasteiger partial charge is 0.309 e. The molecule has 0 spiro atoms.